The van der Waals surface area contributed by atoms with E-state index in [1.807, 2.05) is 0 Å². The molecule has 8 nitrogen and oxygen atoms in total. The number of rotatable bonds is 6. The molecule has 2 rings (SSSR count). The Labute approximate surface area is 144 Å². The number of nitrogens with zero attached hydrogens (tertiary/aromatic N) is 3. The van der Waals surface area contributed by atoms with Gasteiger partial charge in [-0.15, -0.1) is 0 Å². The molecule has 0 N–H and O–H groups in total. The van der Waals surface area contributed by atoms with Crippen molar-refractivity contribution < 1.29 is 18.1 Å². The molecule has 0 saturated heterocycles. The minimum absolute atomic E-state index is 0.0756. The van der Waals surface area contributed by atoms with E-state index in [1.165, 1.54) is 26.1 Å². The molecule has 0 aliphatic carbocycles. The molecule has 2 aromatic carbocycles. The Balaban J connectivity index is 2.18. The van der Waals surface area contributed by atoms with E-state index in [0.717, 1.165) is 22.8 Å². The summed E-state index contributed by atoms with van der Waals surface area (Å²) in [5.41, 5.74) is 0.822. The van der Waals surface area contributed by atoms with E-state index < -0.39 is 14.9 Å². The second-order valence-corrected chi connectivity index (χ2v) is 7.12. The lowest BCUT2D eigenvalue weighted by molar-refractivity contribution is -0.384. The normalized spacial score (nSPS) is 11.4. The molecule has 0 atom stereocenters. The molecule has 0 aliphatic rings. The van der Waals surface area contributed by atoms with Gasteiger partial charge < -0.3 is 0 Å². The maximum Gasteiger partial charge on any atom is 0.269 e. The first kappa shape index (κ1) is 18.3. The molecule has 0 aliphatic heterocycles. The summed E-state index contributed by atoms with van der Waals surface area (Å²) in [5, 5.41) is 10.6. The van der Waals surface area contributed by atoms with Crippen LogP contribution in [0.1, 0.15) is 17.3 Å². The zero-order valence-corrected chi connectivity index (χ0v) is 14.3. The Hall–Kier alpha value is -3.07. The topological polar surface area (TPSA) is 110 Å². The fourth-order valence-corrected chi connectivity index (χ4v) is 2.88. The van der Waals surface area contributed by atoms with Gasteiger partial charge >= 0.3 is 0 Å². The molecule has 0 saturated carbocycles. The summed E-state index contributed by atoms with van der Waals surface area (Å²) < 4.78 is 25.7. The number of carbonyl (C=O) groups excluding carboxylic acids is 1. The first-order chi connectivity index (χ1) is 11.7. The Morgan fingerprint density at radius 2 is 1.68 bits per heavy atom. The smallest absolute Gasteiger partial charge is 0.269 e. The third-order valence-electron chi connectivity index (χ3n) is 3.37. The number of non-ortho nitro benzene ring substituents is 1. The lowest BCUT2D eigenvalue weighted by atomic mass is 10.1. The van der Waals surface area contributed by atoms with Crippen LogP contribution in [0, 0.1) is 10.1 Å². The predicted molar refractivity (Wildman–Crippen MR) is 92.6 cm³/mol. The van der Waals surface area contributed by atoms with Crippen LogP contribution in [0.2, 0.25) is 0 Å². The summed E-state index contributed by atoms with van der Waals surface area (Å²) in [5.74, 6) is -0.0756. The van der Waals surface area contributed by atoms with Gasteiger partial charge in [-0.3, -0.25) is 19.2 Å². The third-order valence-corrected chi connectivity index (χ3v) is 5.09. The lowest BCUT2D eigenvalue weighted by Gasteiger charge is -2.13. The molecule has 0 aromatic heterocycles. The zero-order valence-electron chi connectivity index (χ0n) is 13.5. The molecular weight excluding hydrogens is 346 g/mol. The van der Waals surface area contributed by atoms with Crippen LogP contribution in [-0.2, 0) is 10.0 Å². The number of nitro benzene ring substituents is 1. The van der Waals surface area contributed by atoms with Gasteiger partial charge in [0.2, 0.25) is 0 Å². The molecule has 0 fully saturated rings. The van der Waals surface area contributed by atoms with Crippen molar-refractivity contribution in [1.82, 2.24) is 4.31 Å². The van der Waals surface area contributed by atoms with Crippen molar-refractivity contribution in [3.63, 3.8) is 0 Å². The highest BCUT2D eigenvalue weighted by Crippen LogP contribution is 2.19. The minimum atomic E-state index is -3.87. The monoisotopic (exact) mass is 361 g/mol. The number of nitro groups is 1. The van der Waals surface area contributed by atoms with Gasteiger partial charge in [-0.1, -0.05) is 0 Å². The first-order valence-electron chi connectivity index (χ1n) is 7.09. The van der Waals surface area contributed by atoms with Gasteiger partial charge in [0.1, 0.15) is 6.34 Å². The molecule has 0 radical (unpaired) electrons. The van der Waals surface area contributed by atoms with Crippen molar-refractivity contribution in [2.24, 2.45) is 4.99 Å². The van der Waals surface area contributed by atoms with Crippen LogP contribution in [0.25, 0.3) is 0 Å². The zero-order chi connectivity index (χ0) is 18.6. The van der Waals surface area contributed by atoms with Crippen molar-refractivity contribution in [1.29, 1.82) is 0 Å². The SMILES string of the molecule is CC(=O)c1ccc(N=CN(C)S(=O)(=O)c2ccc([N+](=O)[O-])cc2)cc1. The fraction of sp³-hybridized carbons (Fsp3) is 0.125. The molecule has 0 unspecified atom stereocenters. The molecule has 0 amide bonds. The number of carbonyl (C=O) groups is 1. The van der Waals surface area contributed by atoms with Crippen molar-refractivity contribution >= 4 is 33.5 Å². The van der Waals surface area contributed by atoms with Crippen LogP contribution in [0.5, 0.6) is 0 Å². The molecule has 0 spiro atoms. The maximum absolute atomic E-state index is 12.4. The second kappa shape index (κ2) is 7.22. The summed E-state index contributed by atoms with van der Waals surface area (Å²) in [6.07, 6.45) is 1.12. The highest BCUT2D eigenvalue weighted by molar-refractivity contribution is 7.89. The molecule has 25 heavy (non-hydrogen) atoms. The minimum Gasteiger partial charge on any atom is -0.295 e. The summed E-state index contributed by atoms with van der Waals surface area (Å²) in [4.78, 5) is 25.2. The predicted octanol–water partition coefficient (Wildman–Crippen LogP) is 2.78. The van der Waals surface area contributed by atoms with Crippen molar-refractivity contribution in [3.05, 3.63) is 64.2 Å². The van der Waals surface area contributed by atoms with Crippen LogP contribution in [0.4, 0.5) is 11.4 Å². The highest BCUT2D eigenvalue weighted by atomic mass is 32.2. The maximum atomic E-state index is 12.4. The second-order valence-electron chi connectivity index (χ2n) is 5.12. The fourth-order valence-electron chi connectivity index (χ4n) is 1.90. The van der Waals surface area contributed by atoms with Gasteiger partial charge in [-0.25, -0.2) is 13.4 Å². The molecule has 130 valence electrons. The average molecular weight is 361 g/mol. The van der Waals surface area contributed by atoms with Gasteiger partial charge in [-0.2, -0.15) is 0 Å². The van der Waals surface area contributed by atoms with E-state index in [2.05, 4.69) is 4.99 Å². The summed E-state index contributed by atoms with van der Waals surface area (Å²) in [7, 11) is -2.56. The van der Waals surface area contributed by atoms with Gasteiger partial charge in [-0.05, 0) is 43.3 Å². The van der Waals surface area contributed by atoms with Crippen LogP contribution in [-0.4, -0.2) is 36.8 Å². The van der Waals surface area contributed by atoms with Crippen molar-refractivity contribution in [2.45, 2.75) is 11.8 Å². The van der Waals surface area contributed by atoms with Crippen LogP contribution >= 0.6 is 0 Å². The Morgan fingerprint density at radius 1 is 1.12 bits per heavy atom. The number of Topliss-reactive ketones (excluding diaryl/α,β-unsaturated/α-hetero) is 1. The molecule has 9 heteroatoms. The van der Waals surface area contributed by atoms with E-state index in [1.54, 1.807) is 24.3 Å². The van der Waals surface area contributed by atoms with Gasteiger partial charge in [0.25, 0.3) is 15.7 Å². The number of benzene rings is 2. The van der Waals surface area contributed by atoms with E-state index in [0.29, 0.717) is 11.3 Å². The number of hydrogen-bond donors (Lipinski definition) is 0. The summed E-state index contributed by atoms with van der Waals surface area (Å²) in [6, 6.07) is 11.0. The largest absolute Gasteiger partial charge is 0.295 e. The van der Waals surface area contributed by atoms with Crippen LogP contribution in [0.15, 0.2) is 58.4 Å². The standard InChI is InChI=1S/C16H15N3O5S/c1-12(20)13-3-5-14(6-4-13)17-11-18(2)25(23,24)16-9-7-15(8-10-16)19(21)22/h3-11H,1-2H3. The van der Waals surface area contributed by atoms with Gasteiger partial charge in [0.05, 0.1) is 15.5 Å². The van der Waals surface area contributed by atoms with Crippen molar-refractivity contribution in [3.8, 4) is 0 Å². The number of hydrogen-bond acceptors (Lipinski definition) is 6. The Kier molecular flexibility index (Phi) is 5.28. The molecular formula is C16H15N3O5S. The van der Waals surface area contributed by atoms with Crippen LogP contribution < -0.4 is 0 Å². The Morgan fingerprint density at radius 3 is 2.16 bits per heavy atom. The number of sulfonamides is 1. The van der Waals surface area contributed by atoms with Gasteiger partial charge in [0.15, 0.2) is 5.78 Å². The highest BCUT2D eigenvalue weighted by Gasteiger charge is 2.19. The molecule has 0 bridgehead atoms. The lowest BCUT2D eigenvalue weighted by Crippen LogP contribution is -2.25. The Bertz CT molecular complexity index is 919. The van der Waals surface area contributed by atoms with Crippen molar-refractivity contribution in [2.75, 3.05) is 7.05 Å². The summed E-state index contributed by atoms with van der Waals surface area (Å²) >= 11 is 0. The van der Waals surface area contributed by atoms with E-state index >= 15 is 0 Å². The van der Waals surface area contributed by atoms with E-state index in [-0.39, 0.29) is 16.4 Å². The van der Waals surface area contributed by atoms with E-state index in [9.17, 15) is 23.3 Å². The molecule has 0 heterocycles. The summed E-state index contributed by atoms with van der Waals surface area (Å²) in [6.45, 7) is 1.45. The number of ketones is 1. The average Bonchev–Trinajstić information content (AvgIpc) is 2.59. The third kappa shape index (κ3) is 4.27. The molecule has 2 aromatic rings. The first-order valence-corrected chi connectivity index (χ1v) is 8.53. The van der Waals surface area contributed by atoms with E-state index in [4.69, 9.17) is 0 Å². The quantitative estimate of drug-likeness (QED) is 0.258. The van der Waals surface area contributed by atoms with Gasteiger partial charge in [0, 0.05) is 24.7 Å². The van der Waals surface area contributed by atoms with Crippen LogP contribution in [0.3, 0.4) is 0 Å². The number of aliphatic imine (C=N–C) groups is 1.